The van der Waals surface area contributed by atoms with Crippen LogP contribution in [0.4, 0.5) is 5.69 Å². The summed E-state index contributed by atoms with van der Waals surface area (Å²) in [5, 5.41) is 7.78. The van der Waals surface area contributed by atoms with Gasteiger partial charge in [0.15, 0.2) is 5.78 Å². The fraction of sp³-hybridized carbons (Fsp3) is 0.0500. The lowest BCUT2D eigenvalue weighted by Gasteiger charge is -2.15. The van der Waals surface area contributed by atoms with Crippen molar-refractivity contribution in [1.29, 1.82) is 0 Å². The van der Waals surface area contributed by atoms with Crippen LogP contribution in [-0.2, 0) is 0 Å². The molecule has 1 aliphatic carbocycles. The van der Waals surface area contributed by atoms with Gasteiger partial charge in [-0.15, -0.1) is 11.8 Å². The minimum Gasteiger partial charge on any atom is -0.354 e. The molecule has 1 atom stereocenters. The van der Waals surface area contributed by atoms with E-state index in [4.69, 9.17) is 0 Å². The van der Waals surface area contributed by atoms with Crippen LogP contribution in [0.5, 0.6) is 0 Å². The summed E-state index contributed by atoms with van der Waals surface area (Å²) in [6, 6.07) is 18.3. The zero-order chi connectivity index (χ0) is 16.1. The molecule has 2 heterocycles. The fourth-order valence-electron chi connectivity index (χ4n) is 3.34. The number of thioether (sulfide) groups is 1. The van der Waals surface area contributed by atoms with Crippen molar-refractivity contribution in [3.63, 3.8) is 0 Å². The lowest BCUT2D eigenvalue weighted by molar-refractivity contribution is 0.103. The van der Waals surface area contributed by atoms with Gasteiger partial charge in [-0.2, -0.15) is 11.3 Å². The van der Waals surface area contributed by atoms with Crippen LogP contribution in [0.25, 0.3) is 5.70 Å². The van der Waals surface area contributed by atoms with Crippen LogP contribution in [0.3, 0.4) is 0 Å². The summed E-state index contributed by atoms with van der Waals surface area (Å²) < 4.78 is 0. The van der Waals surface area contributed by atoms with Gasteiger partial charge in [-0.25, -0.2) is 0 Å². The number of anilines is 1. The van der Waals surface area contributed by atoms with Crippen molar-refractivity contribution in [2.75, 3.05) is 5.32 Å². The van der Waals surface area contributed by atoms with E-state index in [1.807, 2.05) is 36.4 Å². The van der Waals surface area contributed by atoms with Crippen LogP contribution in [0.15, 0.2) is 75.8 Å². The topological polar surface area (TPSA) is 29.1 Å². The normalized spacial score (nSPS) is 18.5. The molecule has 1 aliphatic heterocycles. The number of para-hydroxylation sites is 1. The SMILES string of the molecule is O=C1C2=C(Nc3ccccc3SC2c2ccsc2)c2ccccc21. The molecule has 0 saturated heterocycles. The quantitative estimate of drug-likeness (QED) is 0.620. The number of fused-ring (bicyclic) bond motifs is 3. The third-order valence-corrected chi connectivity index (χ3v) is 6.51. The Morgan fingerprint density at radius 1 is 0.917 bits per heavy atom. The summed E-state index contributed by atoms with van der Waals surface area (Å²) in [4.78, 5) is 14.3. The zero-order valence-electron chi connectivity index (χ0n) is 12.7. The summed E-state index contributed by atoms with van der Waals surface area (Å²) in [5.41, 5.74) is 5.90. The molecule has 0 fully saturated rings. The summed E-state index contributed by atoms with van der Waals surface area (Å²) in [7, 11) is 0. The highest BCUT2D eigenvalue weighted by Crippen LogP contribution is 2.52. The van der Waals surface area contributed by atoms with Gasteiger partial charge in [-0.1, -0.05) is 36.4 Å². The van der Waals surface area contributed by atoms with Gasteiger partial charge in [0, 0.05) is 21.6 Å². The molecule has 2 aromatic carbocycles. The molecule has 0 saturated carbocycles. The van der Waals surface area contributed by atoms with E-state index in [9.17, 15) is 4.79 Å². The molecule has 2 nitrogen and oxygen atoms in total. The smallest absolute Gasteiger partial charge is 0.193 e. The highest BCUT2D eigenvalue weighted by molar-refractivity contribution is 8.00. The van der Waals surface area contributed by atoms with Crippen molar-refractivity contribution in [3.05, 3.63) is 87.6 Å². The van der Waals surface area contributed by atoms with Crippen molar-refractivity contribution >= 4 is 40.3 Å². The Hall–Kier alpha value is -2.30. The first-order valence-corrected chi connectivity index (χ1v) is 9.58. The molecule has 1 N–H and O–H groups in total. The first kappa shape index (κ1) is 14.1. The van der Waals surface area contributed by atoms with Gasteiger partial charge in [-0.05, 0) is 34.5 Å². The molecule has 5 rings (SSSR count). The monoisotopic (exact) mass is 347 g/mol. The molecule has 1 aromatic heterocycles. The van der Waals surface area contributed by atoms with E-state index in [-0.39, 0.29) is 11.0 Å². The summed E-state index contributed by atoms with van der Waals surface area (Å²) in [6.45, 7) is 0. The number of ketones is 1. The van der Waals surface area contributed by atoms with Crippen molar-refractivity contribution in [3.8, 4) is 0 Å². The number of carbonyl (C=O) groups is 1. The van der Waals surface area contributed by atoms with E-state index in [0.29, 0.717) is 0 Å². The van der Waals surface area contributed by atoms with E-state index < -0.39 is 0 Å². The number of carbonyl (C=O) groups excluding carboxylic acids is 1. The molecule has 2 aliphatic rings. The largest absolute Gasteiger partial charge is 0.354 e. The molecule has 24 heavy (non-hydrogen) atoms. The van der Waals surface area contributed by atoms with Gasteiger partial charge >= 0.3 is 0 Å². The van der Waals surface area contributed by atoms with Crippen molar-refractivity contribution in [2.45, 2.75) is 10.1 Å². The molecule has 116 valence electrons. The number of Topliss-reactive ketones (excluding diaryl/α,β-unsaturated/α-hetero) is 1. The molecule has 3 aromatic rings. The number of rotatable bonds is 1. The van der Waals surface area contributed by atoms with Crippen molar-refractivity contribution in [2.24, 2.45) is 0 Å². The molecule has 1 unspecified atom stereocenters. The van der Waals surface area contributed by atoms with Crippen LogP contribution in [-0.4, -0.2) is 5.78 Å². The maximum atomic E-state index is 13.1. The van der Waals surface area contributed by atoms with Crippen LogP contribution in [0.1, 0.15) is 26.7 Å². The third-order valence-electron chi connectivity index (χ3n) is 4.45. The van der Waals surface area contributed by atoms with E-state index >= 15 is 0 Å². The van der Waals surface area contributed by atoms with Gasteiger partial charge < -0.3 is 5.32 Å². The Kier molecular flexibility index (Phi) is 3.15. The maximum Gasteiger partial charge on any atom is 0.193 e. The highest BCUT2D eigenvalue weighted by Gasteiger charge is 2.38. The molecule has 0 bridgehead atoms. The number of thiophene rings is 1. The number of hydrogen-bond donors (Lipinski definition) is 1. The maximum absolute atomic E-state index is 13.1. The molecule has 0 radical (unpaired) electrons. The highest BCUT2D eigenvalue weighted by atomic mass is 32.2. The number of benzene rings is 2. The summed E-state index contributed by atoms with van der Waals surface area (Å²) in [6.07, 6.45) is 0. The van der Waals surface area contributed by atoms with Crippen molar-refractivity contribution in [1.82, 2.24) is 0 Å². The average Bonchev–Trinajstić information content (AvgIpc) is 3.19. The van der Waals surface area contributed by atoms with E-state index in [1.165, 1.54) is 10.5 Å². The molecule has 0 amide bonds. The predicted molar refractivity (Wildman–Crippen MR) is 101 cm³/mol. The Balaban J connectivity index is 1.77. The van der Waals surface area contributed by atoms with Gasteiger partial charge in [0.1, 0.15) is 0 Å². The average molecular weight is 347 g/mol. The van der Waals surface area contributed by atoms with E-state index in [0.717, 1.165) is 28.1 Å². The second kappa shape index (κ2) is 5.36. The number of nitrogens with one attached hydrogen (secondary N) is 1. The van der Waals surface area contributed by atoms with Gasteiger partial charge in [0.2, 0.25) is 0 Å². The molecular formula is C20H13NOS2. The lowest BCUT2D eigenvalue weighted by atomic mass is 10.0. The summed E-state index contributed by atoms with van der Waals surface area (Å²) in [5.74, 6) is 0.143. The number of hydrogen-bond acceptors (Lipinski definition) is 4. The minimum absolute atomic E-state index is 0.0160. The van der Waals surface area contributed by atoms with Crippen LogP contribution in [0, 0.1) is 0 Å². The Morgan fingerprint density at radius 2 is 1.71 bits per heavy atom. The second-order valence-corrected chi connectivity index (χ2v) is 7.77. The predicted octanol–water partition coefficient (Wildman–Crippen LogP) is 5.61. The standard InChI is InChI=1S/C20H13NOS2/c22-19-14-6-2-1-5-13(14)18-17(19)20(12-9-10-23-11-12)24-16-8-4-3-7-15(16)21-18/h1-11,20-21H. The van der Waals surface area contributed by atoms with Gasteiger partial charge in [0.25, 0.3) is 0 Å². The Bertz CT molecular complexity index is 988. The zero-order valence-corrected chi connectivity index (χ0v) is 14.3. The summed E-state index contributed by atoms with van der Waals surface area (Å²) >= 11 is 3.42. The van der Waals surface area contributed by atoms with Gasteiger partial charge in [-0.3, -0.25) is 4.79 Å². The molecule has 0 spiro atoms. The molecule has 4 heteroatoms. The third kappa shape index (κ3) is 2.00. The minimum atomic E-state index is 0.0160. The van der Waals surface area contributed by atoms with Crippen molar-refractivity contribution < 1.29 is 4.79 Å². The fourth-order valence-corrected chi connectivity index (χ4v) is 5.39. The van der Waals surface area contributed by atoms with E-state index in [1.54, 1.807) is 23.1 Å². The Labute approximate surface area is 148 Å². The van der Waals surface area contributed by atoms with Gasteiger partial charge in [0.05, 0.1) is 16.6 Å². The van der Waals surface area contributed by atoms with Crippen LogP contribution < -0.4 is 5.32 Å². The van der Waals surface area contributed by atoms with Crippen LogP contribution >= 0.6 is 23.1 Å². The first-order valence-electron chi connectivity index (χ1n) is 7.76. The van der Waals surface area contributed by atoms with E-state index in [2.05, 4.69) is 34.3 Å². The lowest BCUT2D eigenvalue weighted by Crippen LogP contribution is -2.06. The van der Waals surface area contributed by atoms with Crippen LogP contribution in [0.2, 0.25) is 0 Å². The molecular weight excluding hydrogens is 334 g/mol. The Morgan fingerprint density at radius 3 is 2.54 bits per heavy atom. The first-order chi connectivity index (χ1) is 11.8. The second-order valence-electron chi connectivity index (χ2n) is 5.84.